The van der Waals surface area contributed by atoms with E-state index >= 15 is 0 Å². The van der Waals surface area contributed by atoms with Crippen molar-refractivity contribution in [3.05, 3.63) is 36.2 Å². The van der Waals surface area contributed by atoms with Gasteiger partial charge in [0.2, 0.25) is 5.95 Å². The number of hydrogen-bond acceptors (Lipinski definition) is 6. The Morgan fingerprint density at radius 2 is 2.00 bits per heavy atom. The standard InChI is InChI=1S/C19H24N4O3/c1-13-5-4-8-23(12-13)18(24)14-10-20-19(21-11-14)22-16-7-6-15(25-2)9-17(16)26-3/h6-7,9-11,13H,4-5,8,12H2,1-3H3,(H,20,21,22). The van der Waals surface area contributed by atoms with Crippen LogP contribution in [0.15, 0.2) is 30.6 Å². The third-order valence-electron chi connectivity index (χ3n) is 4.50. The Kier molecular flexibility index (Phi) is 5.55. The highest BCUT2D eigenvalue weighted by atomic mass is 16.5. The molecule has 1 aromatic heterocycles. The van der Waals surface area contributed by atoms with Gasteiger partial charge in [-0.3, -0.25) is 4.79 Å². The Balaban J connectivity index is 1.71. The van der Waals surface area contributed by atoms with Crippen LogP contribution in [0.4, 0.5) is 11.6 Å². The number of piperidine rings is 1. The smallest absolute Gasteiger partial charge is 0.257 e. The summed E-state index contributed by atoms with van der Waals surface area (Å²) in [4.78, 5) is 23.0. The molecule has 0 bridgehead atoms. The number of nitrogens with zero attached hydrogens (tertiary/aromatic N) is 3. The van der Waals surface area contributed by atoms with Crippen LogP contribution in [-0.4, -0.2) is 48.1 Å². The van der Waals surface area contributed by atoms with Gasteiger partial charge in [0, 0.05) is 31.5 Å². The quantitative estimate of drug-likeness (QED) is 0.887. The Labute approximate surface area is 153 Å². The number of benzene rings is 1. The zero-order chi connectivity index (χ0) is 18.5. The molecular weight excluding hydrogens is 332 g/mol. The van der Waals surface area contributed by atoms with Crippen molar-refractivity contribution in [3.8, 4) is 11.5 Å². The van der Waals surface area contributed by atoms with Crippen LogP contribution < -0.4 is 14.8 Å². The molecule has 1 unspecified atom stereocenters. The lowest BCUT2D eigenvalue weighted by Crippen LogP contribution is -2.39. The number of carbonyl (C=O) groups is 1. The van der Waals surface area contributed by atoms with Gasteiger partial charge in [0.15, 0.2) is 0 Å². The van der Waals surface area contributed by atoms with E-state index in [1.54, 1.807) is 32.7 Å². The second kappa shape index (κ2) is 8.03. The average Bonchev–Trinajstić information content (AvgIpc) is 2.68. The van der Waals surface area contributed by atoms with Crippen molar-refractivity contribution in [2.45, 2.75) is 19.8 Å². The van der Waals surface area contributed by atoms with Gasteiger partial charge in [-0.2, -0.15) is 0 Å². The lowest BCUT2D eigenvalue weighted by Gasteiger charge is -2.30. The first kappa shape index (κ1) is 18.0. The Bertz CT molecular complexity index is 764. The van der Waals surface area contributed by atoms with E-state index in [1.165, 1.54) is 6.42 Å². The zero-order valence-electron chi connectivity index (χ0n) is 15.4. The summed E-state index contributed by atoms with van der Waals surface area (Å²) in [6.45, 7) is 3.76. The fourth-order valence-corrected chi connectivity index (χ4v) is 3.08. The van der Waals surface area contributed by atoms with Gasteiger partial charge in [-0.15, -0.1) is 0 Å². The van der Waals surface area contributed by atoms with Crippen molar-refractivity contribution in [3.63, 3.8) is 0 Å². The number of amides is 1. The first-order valence-electron chi connectivity index (χ1n) is 8.71. The summed E-state index contributed by atoms with van der Waals surface area (Å²) in [6.07, 6.45) is 5.34. The molecule has 1 aliphatic rings. The highest BCUT2D eigenvalue weighted by molar-refractivity contribution is 5.93. The minimum atomic E-state index is -0.00914. The summed E-state index contributed by atoms with van der Waals surface area (Å²) in [6, 6.07) is 5.42. The van der Waals surface area contributed by atoms with Crippen LogP contribution in [0.25, 0.3) is 0 Å². The van der Waals surface area contributed by atoms with Gasteiger partial charge in [0.05, 0.1) is 25.5 Å². The second-order valence-electron chi connectivity index (χ2n) is 6.49. The third-order valence-corrected chi connectivity index (χ3v) is 4.50. The van der Waals surface area contributed by atoms with Gasteiger partial charge < -0.3 is 19.7 Å². The number of anilines is 2. The zero-order valence-corrected chi connectivity index (χ0v) is 15.4. The van der Waals surface area contributed by atoms with E-state index < -0.39 is 0 Å². The Hall–Kier alpha value is -2.83. The largest absolute Gasteiger partial charge is 0.497 e. The van der Waals surface area contributed by atoms with Gasteiger partial charge >= 0.3 is 0 Å². The van der Waals surface area contributed by atoms with Crippen molar-refractivity contribution in [2.24, 2.45) is 5.92 Å². The van der Waals surface area contributed by atoms with Crippen LogP contribution in [-0.2, 0) is 0 Å². The van der Waals surface area contributed by atoms with E-state index in [4.69, 9.17) is 9.47 Å². The molecule has 1 N–H and O–H groups in total. The molecular formula is C19H24N4O3. The van der Waals surface area contributed by atoms with Crippen LogP contribution in [0.1, 0.15) is 30.1 Å². The summed E-state index contributed by atoms with van der Waals surface area (Å²) in [5.41, 5.74) is 1.23. The molecule has 138 valence electrons. The van der Waals surface area contributed by atoms with Gasteiger partial charge in [0.25, 0.3) is 5.91 Å². The molecule has 1 atom stereocenters. The maximum absolute atomic E-state index is 12.6. The number of hydrogen-bond donors (Lipinski definition) is 1. The molecule has 0 radical (unpaired) electrons. The molecule has 7 nitrogen and oxygen atoms in total. The normalized spacial score (nSPS) is 16.9. The maximum Gasteiger partial charge on any atom is 0.257 e. The first-order valence-corrected chi connectivity index (χ1v) is 8.71. The monoisotopic (exact) mass is 356 g/mol. The van der Waals surface area contributed by atoms with E-state index in [1.807, 2.05) is 17.0 Å². The number of rotatable bonds is 5. The van der Waals surface area contributed by atoms with Crippen LogP contribution in [0.5, 0.6) is 11.5 Å². The van der Waals surface area contributed by atoms with E-state index in [-0.39, 0.29) is 5.91 Å². The fourth-order valence-electron chi connectivity index (χ4n) is 3.08. The predicted octanol–water partition coefficient (Wildman–Crippen LogP) is 3.11. The Morgan fingerprint density at radius 1 is 1.23 bits per heavy atom. The van der Waals surface area contributed by atoms with Crippen LogP contribution >= 0.6 is 0 Å². The molecule has 2 heterocycles. The molecule has 2 aromatic rings. The van der Waals surface area contributed by atoms with E-state index in [0.29, 0.717) is 28.9 Å². The summed E-state index contributed by atoms with van der Waals surface area (Å²) in [7, 11) is 3.19. The average molecular weight is 356 g/mol. The van der Waals surface area contributed by atoms with Crippen molar-refractivity contribution >= 4 is 17.5 Å². The summed E-state index contributed by atoms with van der Waals surface area (Å²) in [5.74, 6) is 2.25. The van der Waals surface area contributed by atoms with Gasteiger partial charge in [-0.25, -0.2) is 9.97 Å². The maximum atomic E-state index is 12.6. The molecule has 1 aliphatic heterocycles. The van der Waals surface area contributed by atoms with Gasteiger partial charge in [-0.05, 0) is 30.9 Å². The minimum Gasteiger partial charge on any atom is -0.497 e. The van der Waals surface area contributed by atoms with Crippen LogP contribution in [0.3, 0.4) is 0 Å². The van der Waals surface area contributed by atoms with Gasteiger partial charge in [-0.1, -0.05) is 6.92 Å². The SMILES string of the molecule is COc1ccc(Nc2ncc(C(=O)N3CCCC(C)C3)cn2)c(OC)c1. The van der Waals surface area contributed by atoms with Gasteiger partial charge in [0.1, 0.15) is 11.5 Å². The third kappa shape index (κ3) is 4.04. The number of aromatic nitrogens is 2. The second-order valence-corrected chi connectivity index (χ2v) is 6.49. The summed E-state index contributed by atoms with van der Waals surface area (Å²) >= 11 is 0. The number of ether oxygens (including phenoxy) is 2. The van der Waals surface area contributed by atoms with Crippen LogP contribution in [0.2, 0.25) is 0 Å². The molecule has 0 aliphatic carbocycles. The van der Waals surface area contributed by atoms with Crippen molar-refractivity contribution in [2.75, 3.05) is 32.6 Å². The lowest BCUT2D eigenvalue weighted by molar-refractivity contribution is 0.0682. The molecule has 1 fully saturated rings. The van der Waals surface area contributed by atoms with E-state index in [2.05, 4.69) is 22.2 Å². The highest BCUT2D eigenvalue weighted by Crippen LogP contribution is 2.30. The van der Waals surface area contributed by atoms with E-state index in [0.717, 1.165) is 25.2 Å². The topological polar surface area (TPSA) is 76.6 Å². The minimum absolute atomic E-state index is 0.00914. The van der Waals surface area contributed by atoms with Crippen LogP contribution in [0, 0.1) is 5.92 Å². The summed E-state index contributed by atoms with van der Waals surface area (Å²) in [5, 5.41) is 3.10. The number of likely N-dealkylation sites (tertiary alicyclic amines) is 1. The Morgan fingerprint density at radius 3 is 2.65 bits per heavy atom. The molecule has 0 saturated carbocycles. The number of methoxy groups -OCH3 is 2. The van der Waals surface area contributed by atoms with Crippen molar-refractivity contribution < 1.29 is 14.3 Å². The molecule has 1 saturated heterocycles. The predicted molar refractivity (Wildman–Crippen MR) is 99.2 cm³/mol. The van der Waals surface area contributed by atoms with Crippen molar-refractivity contribution in [1.82, 2.24) is 14.9 Å². The molecule has 7 heteroatoms. The molecule has 26 heavy (non-hydrogen) atoms. The fraction of sp³-hybridized carbons (Fsp3) is 0.421. The molecule has 1 amide bonds. The summed E-state index contributed by atoms with van der Waals surface area (Å²) < 4.78 is 10.5. The molecule has 3 rings (SSSR count). The first-order chi connectivity index (χ1) is 12.6. The molecule has 1 aromatic carbocycles. The number of nitrogens with one attached hydrogen (secondary N) is 1. The lowest BCUT2D eigenvalue weighted by atomic mass is 10.00. The van der Waals surface area contributed by atoms with Crippen molar-refractivity contribution in [1.29, 1.82) is 0 Å². The van der Waals surface area contributed by atoms with E-state index in [9.17, 15) is 4.79 Å². The number of carbonyl (C=O) groups excluding carboxylic acids is 1. The highest BCUT2D eigenvalue weighted by Gasteiger charge is 2.22. The molecule has 0 spiro atoms.